The summed E-state index contributed by atoms with van der Waals surface area (Å²) in [4.78, 5) is 22.2. The molecule has 1 aromatic carbocycles. The molecule has 2 aliphatic rings. The molecule has 0 unspecified atom stereocenters. The summed E-state index contributed by atoms with van der Waals surface area (Å²) in [6.45, 7) is 9.71. The quantitative estimate of drug-likeness (QED) is 0.753. The maximum absolute atomic E-state index is 13.3. The van der Waals surface area contributed by atoms with Gasteiger partial charge in [0.1, 0.15) is 0 Å². The topological polar surface area (TPSA) is 55.8 Å². The molecule has 7 heteroatoms. The second kappa shape index (κ2) is 9.27. The maximum atomic E-state index is 13.3. The van der Waals surface area contributed by atoms with Crippen molar-refractivity contribution in [2.45, 2.75) is 19.8 Å². The Kier molecular flexibility index (Phi) is 6.49. The van der Waals surface area contributed by atoms with E-state index in [1.54, 1.807) is 0 Å². The van der Waals surface area contributed by atoms with Gasteiger partial charge in [-0.05, 0) is 32.9 Å². The Morgan fingerprint density at radius 1 is 1.00 bits per heavy atom. The zero-order chi connectivity index (χ0) is 21.1. The Morgan fingerprint density at radius 2 is 1.67 bits per heavy atom. The van der Waals surface area contributed by atoms with Crippen LogP contribution in [-0.2, 0) is 0 Å². The Morgan fingerprint density at radius 3 is 2.33 bits per heavy atom. The summed E-state index contributed by atoms with van der Waals surface area (Å²) in [5, 5.41) is 11.0. The van der Waals surface area contributed by atoms with Crippen LogP contribution in [0.3, 0.4) is 0 Å². The molecule has 0 aliphatic carbocycles. The molecule has 0 spiro atoms. The van der Waals surface area contributed by atoms with Gasteiger partial charge >= 0.3 is 0 Å². The van der Waals surface area contributed by atoms with Gasteiger partial charge < -0.3 is 14.7 Å². The number of aromatic nitrogens is 2. The number of benzene rings is 1. The fourth-order valence-electron chi connectivity index (χ4n) is 4.37. The highest BCUT2D eigenvalue weighted by molar-refractivity contribution is 6.07. The Labute approximate surface area is 179 Å². The lowest BCUT2D eigenvalue weighted by molar-refractivity contribution is 0.0625. The van der Waals surface area contributed by atoms with Gasteiger partial charge in [-0.25, -0.2) is 0 Å². The van der Waals surface area contributed by atoms with Gasteiger partial charge in [0.15, 0.2) is 11.5 Å². The molecule has 0 N–H and O–H groups in total. The van der Waals surface area contributed by atoms with E-state index in [0.717, 1.165) is 74.9 Å². The third kappa shape index (κ3) is 4.57. The number of hydrogen-bond donors (Lipinski definition) is 0. The molecule has 2 saturated heterocycles. The van der Waals surface area contributed by atoms with Crippen LogP contribution in [0.1, 0.15) is 30.3 Å². The standard InChI is InChI=1S/C23H34N6O/c1-18-8-10-28(11-9-18)22-20-7-5-4-6-19(20)21(24-25-22)23(30)29-16-14-27(15-17-29)13-12-26(2)3/h4-7,18H,8-17H2,1-3H3. The molecule has 2 aromatic rings. The van der Waals surface area contributed by atoms with E-state index < -0.39 is 0 Å². The summed E-state index contributed by atoms with van der Waals surface area (Å²) in [6, 6.07) is 8.11. The van der Waals surface area contributed by atoms with Gasteiger partial charge in [0.2, 0.25) is 0 Å². The van der Waals surface area contributed by atoms with Crippen LogP contribution in [0.4, 0.5) is 5.82 Å². The minimum absolute atomic E-state index is 0.00442. The van der Waals surface area contributed by atoms with E-state index in [-0.39, 0.29) is 5.91 Å². The fraction of sp³-hybridized carbons (Fsp3) is 0.609. The van der Waals surface area contributed by atoms with Gasteiger partial charge in [-0.1, -0.05) is 31.2 Å². The van der Waals surface area contributed by atoms with Crippen LogP contribution in [0, 0.1) is 5.92 Å². The minimum Gasteiger partial charge on any atom is -0.355 e. The summed E-state index contributed by atoms with van der Waals surface area (Å²) in [6.07, 6.45) is 2.35. The van der Waals surface area contributed by atoms with Crippen LogP contribution in [-0.4, -0.2) is 97.3 Å². The van der Waals surface area contributed by atoms with Gasteiger partial charge in [0.25, 0.3) is 5.91 Å². The van der Waals surface area contributed by atoms with Crippen molar-refractivity contribution >= 4 is 22.5 Å². The predicted octanol–water partition coefficient (Wildman–Crippen LogP) is 2.19. The van der Waals surface area contributed by atoms with E-state index in [1.165, 1.54) is 12.8 Å². The number of carbonyl (C=O) groups is 1. The monoisotopic (exact) mass is 410 g/mol. The van der Waals surface area contributed by atoms with Crippen molar-refractivity contribution < 1.29 is 4.79 Å². The summed E-state index contributed by atoms with van der Waals surface area (Å²) < 4.78 is 0. The van der Waals surface area contributed by atoms with E-state index in [2.05, 4.69) is 52.0 Å². The molecule has 4 rings (SSSR count). The molecule has 3 heterocycles. The SMILES string of the molecule is CC1CCN(c2nnc(C(=O)N3CCN(CCN(C)C)CC3)c3ccccc23)CC1. The van der Waals surface area contributed by atoms with E-state index >= 15 is 0 Å². The van der Waals surface area contributed by atoms with E-state index in [4.69, 9.17) is 0 Å². The molecule has 0 atom stereocenters. The highest BCUT2D eigenvalue weighted by Crippen LogP contribution is 2.29. The van der Waals surface area contributed by atoms with Gasteiger partial charge in [-0.15, -0.1) is 10.2 Å². The molecule has 7 nitrogen and oxygen atoms in total. The molecular formula is C23H34N6O. The van der Waals surface area contributed by atoms with E-state index in [0.29, 0.717) is 5.69 Å². The summed E-state index contributed by atoms with van der Waals surface area (Å²) in [5.41, 5.74) is 0.487. The highest BCUT2D eigenvalue weighted by Gasteiger charge is 2.27. The minimum atomic E-state index is 0.00442. The molecule has 0 saturated carbocycles. The van der Waals surface area contributed by atoms with Crippen LogP contribution in [0.15, 0.2) is 24.3 Å². The van der Waals surface area contributed by atoms with Crippen LogP contribution in [0.25, 0.3) is 10.8 Å². The largest absolute Gasteiger partial charge is 0.355 e. The molecular weight excluding hydrogens is 376 g/mol. The lowest BCUT2D eigenvalue weighted by Gasteiger charge is -2.35. The number of likely N-dealkylation sites (N-methyl/N-ethyl adjacent to an activating group) is 1. The summed E-state index contributed by atoms with van der Waals surface area (Å²) in [7, 11) is 4.19. The van der Waals surface area contributed by atoms with Crippen molar-refractivity contribution in [2.24, 2.45) is 5.92 Å². The molecule has 1 amide bonds. The van der Waals surface area contributed by atoms with Gasteiger partial charge in [-0.2, -0.15) is 0 Å². The Hall–Kier alpha value is -2.25. The Bertz CT molecular complexity index is 869. The van der Waals surface area contributed by atoms with Crippen LogP contribution in [0.2, 0.25) is 0 Å². The first kappa shape index (κ1) is 21.0. The van der Waals surface area contributed by atoms with Crippen LogP contribution >= 0.6 is 0 Å². The summed E-state index contributed by atoms with van der Waals surface area (Å²) in [5.74, 6) is 1.69. The molecule has 162 valence electrons. The molecule has 0 bridgehead atoms. The number of piperidine rings is 1. The number of nitrogens with zero attached hydrogens (tertiary/aromatic N) is 6. The maximum Gasteiger partial charge on any atom is 0.275 e. The van der Waals surface area contributed by atoms with Crippen molar-refractivity contribution in [3.8, 4) is 0 Å². The third-order valence-electron chi connectivity index (χ3n) is 6.48. The molecule has 1 aromatic heterocycles. The first-order valence-electron chi connectivity index (χ1n) is 11.2. The predicted molar refractivity (Wildman–Crippen MR) is 121 cm³/mol. The highest BCUT2D eigenvalue weighted by atomic mass is 16.2. The lowest BCUT2D eigenvalue weighted by atomic mass is 9.99. The average Bonchev–Trinajstić information content (AvgIpc) is 2.77. The van der Waals surface area contributed by atoms with Crippen LogP contribution < -0.4 is 4.90 Å². The number of hydrogen-bond acceptors (Lipinski definition) is 6. The van der Waals surface area contributed by atoms with Gasteiger partial charge in [-0.3, -0.25) is 9.69 Å². The van der Waals surface area contributed by atoms with Crippen molar-refractivity contribution in [3.63, 3.8) is 0 Å². The van der Waals surface area contributed by atoms with Crippen molar-refractivity contribution in [1.29, 1.82) is 0 Å². The molecule has 2 fully saturated rings. The number of amides is 1. The molecule has 0 radical (unpaired) electrons. The average molecular weight is 411 g/mol. The smallest absolute Gasteiger partial charge is 0.275 e. The first-order chi connectivity index (χ1) is 14.5. The number of rotatable bonds is 5. The zero-order valence-corrected chi connectivity index (χ0v) is 18.5. The number of anilines is 1. The zero-order valence-electron chi connectivity index (χ0n) is 18.5. The molecule has 2 aliphatic heterocycles. The van der Waals surface area contributed by atoms with Crippen molar-refractivity contribution in [3.05, 3.63) is 30.0 Å². The third-order valence-corrected chi connectivity index (χ3v) is 6.48. The number of fused-ring (bicyclic) bond motifs is 1. The number of carbonyl (C=O) groups excluding carboxylic acids is 1. The first-order valence-corrected chi connectivity index (χ1v) is 11.2. The van der Waals surface area contributed by atoms with E-state index in [1.807, 2.05) is 23.1 Å². The number of piperazine rings is 1. The van der Waals surface area contributed by atoms with Crippen molar-refractivity contribution in [2.75, 3.05) is 71.4 Å². The van der Waals surface area contributed by atoms with Crippen molar-refractivity contribution in [1.82, 2.24) is 24.9 Å². The normalized spacial score (nSPS) is 19.1. The lowest BCUT2D eigenvalue weighted by Crippen LogP contribution is -2.50. The summed E-state index contributed by atoms with van der Waals surface area (Å²) >= 11 is 0. The van der Waals surface area contributed by atoms with E-state index in [9.17, 15) is 4.79 Å². The second-order valence-electron chi connectivity index (χ2n) is 9.02. The second-order valence-corrected chi connectivity index (χ2v) is 9.02. The van der Waals surface area contributed by atoms with Gasteiger partial charge in [0.05, 0.1) is 0 Å². The fourth-order valence-corrected chi connectivity index (χ4v) is 4.37. The van der Waals surface area contributed by atoms with Gasteiger partial charge in [0, 0.05) is 63.1 Å². The van der Waals surface area contributed by atoms with Crippen LogP contribution in [0.5, 0.6) is 0 Å². The Balaban J connectivity index is 1.51. The molecule has 30 heavy (non-hydrogen) atoms.